The number of nitrogens with one attached hydrogen (secondary N) is 1. The predicted octanol–water partition coefficient (Wildman–Crippen LogP) is 1.91. The number of para-hydroxylation sites is 1. The van der Waals surface area contributed by atoms with Crippen LogP contribution in [0.5, 0.6) is 0 Å². The molecule has 6 nitrogen and oxygen atoms in total. The van der Waals surface area contributed by atoms with Crippen LogP contribution in [0.25, 0.3) is 0 Å². The van der Waals surface area contributed by atoms with Gasteiger partial charge in [0.15, 0.2) is 0 Å². The van der Waals surface area contributed by atoms with Crippen LogP contribution in [0.1, 0.15) is 9.75 Å². The second kappa shape index (κ2) is 6.13. The van der Waals surface area contributed by atoms with Gasteiger partial charge in [0.1, 0.15) is 17.8 Å². The molecule has 1 N–H and O–H groups in total. The average Bonchev–Trinajstić information content (AvgIpc) is 2.94. The molecule has 2 heterocycles. The van der Waals surface area contributed by atoms with Crippen LogP contribution in [0.4, 0.5) is 5.69 Å². The first kappa shape index (κ1) is 15.7. The van der Waals surface area contributed by atoms with E-state index in [9.17, 15) is 13.2 Å². The molecule has 1 aromatic carbocycles. The Bertz CT molecular complexity index is 872. The quantitative estimate of drug-likeness (QED) is 0.914. The third-order valence-corrected chi connectivity index (χ3v) is 5.62. The van der Waals surface area contributed by atoms with Gasteiger partial charge in [0.25, 0.3) is 10.0 Å². The SMILES string of the molecule is Cc1ccc(CNC(=O)CN2C=NS(=O)(=O)c3ccccc32)s1. The fourth-order valence-corrected chi connectivity index (χ4v) is 4.13. The summed E-state index contributed by atoms with van der Waals surface area (Å²) in [5, 5.41) is 2.83. The fourth-order valence-electron chi connectivity index (χ4n) is 2.25. The molecule has 0 saturated heterocycles. The molecule has 23 heavy (non-hydrogen) atoms. The summed E-state index contributed by atoms with van der Waals surface area (Å²) in [5.74, 6) is -0.198. The number of hydrogen-bond donors (Lipinski definition) is 1. The standard InChI is InChI=1S/C15H15N3O3S2/c1-11-6-7-12(22-11)8-16-15(19)9-18-10-17-23(20,21)14-5-3-2-4-13(14)18/h2-7,10H,8-9H2,1H3,(H,16,19). The molecule has 0 spiro atoms. The van der Waals surface area contributed by atoms with Crippen molar-refractivity contribution in [1.82, 2.24) is 5.32 Å². The molecule has 1 aromatic heterocycles. The van der Waals surface area contributed by atoms with Gasteiger partial charge in [-0.2, -0.15) is 8.42 Å². The lowest BCUT2D eigenvalue weighted by Crippen LogP contribution is -2.38. The molecular formula is C15H15N3O3S2. The lowest BCUT2D eigenvalue weighted by Gasteiger charge is -2.24. The summed E-state index contributed by atoms with van der Waals surface area (Å²) in [6.45, 7) is 2.49. The lowest BCUT2D eigenvalue weighted by atomic mass is 10.3. The predicted molar refractivity (Wildman–Crippen MR) is 90.4 cm³/mol. The summed E-state index contributed by atoms with van der Waals surface area (Å²) >= 11 is 1.63. The maximum atomic E-state index is 12.1. The van der Waals surface area contributed by atoms with Gasteiger partial charge in [-0.1, -0.05) is 12.1 Å². The van der Waals surface area contributed by atoms with Crippen molar-refractivity contribution in [2.24, 2.45) is 4.40 Å². The number of benzene rings is 1. The number of thiophene rings is 1. The van der Waals surface area contributed by atoms with Gasteiger partial charge in [-0.15, -0.1) is 15.7 Å². The number of amides is 1. The van der Waals surface area contributed by atoms with Crippen LogP contribution in [0.2, 0.25) is 0 Å². The largest absolute Gasteiger partial charge is 0.350 e. The van der Waals surface area contributed by atoms with Gasteiger partial charge in [0, 0.05) is 9.75 Å². The molecule has 0 aliphatic carbocycles. The van der Waals surface area contributed by atoms with Crippen molar-refractivity contribution in [3.63, 3.8) is 0 Å². The monoisotopic (exact) mass is 349 g/mol. The molecule has 8 heteroatoms. The Balaban J connectivity index is 1.69. The number of carbonyl (C=O) groups excluding carboxylic acids is 1. The van der Waals surface area contributed by atoms with Crippen molar-refractivity contribution in [1.29, 1.82) is 0 Å². The van der Waals surface area contributed by atoms with E-state index in [0.717, 1.165) is 4.88 Å². The van der Waals surface area contributed by atoms with Crippen LogP contribution < -0.4 is 10.2 Å². The molecule has 0 saturated carbocycles. The highest BCUT2D eigenvalue weighted by atomic mass is 32.2. The Morgan fingerprint density at radius 1 is 1.26 bits per heavy atom. The highest BCUT2D eigenvalue weighted by molar-refractivity contribution is 7.90. The molecule has 0 bridgehead atoms. The molecule has 3 rings (SSSR count). The molecule has 1 amide bonds. The second-order valence-corrected chi connectivity index (χ2v) is 8.05. The first-order chi connectivity index (χ1) is 11.0. The van der Waals surface area contributed by atoms with Crippen LogP contribution >= 0.6 is 11.3 Å². The highest BCUT2D eigenvalue weighted by Gasteiger charge is 2.25. The van der Waals surface area contributed by atoms with E-state index >= 15 is 0 Å². The van der Waals surface area contributed by atoms with E-state index in [-0.39, 0.29) is 17.3 Å². The van der Waals surface area contributed by atoms with E-state index in [4.69, 9.17) is 0 Å². The minimum absolute atomic E-state index is 0.0143. The van der Waals surface area contributed by atoms with Crippen molar-refractivity contribution < 1.29 is 13.2 Å². The minimum Gasteiger partial charge on any atom is -0.350 e. The van der Waals surface area contributed by atoms with Crippen LogP contribution in [0.15, 0.2) is 45.7 Å². The van der Waals surface area contributed by atoms with Crippen molar-refractivity contribution in [2.45, 2.75) is 18.4 Å². The molecule has 2 aromatic rings. The molecule has 0 unspecified atom stereocenters. The first-order valence-corrected chi connectivity index (χ1v) is 9.19. The number of rotatable bonds is 4. The van der Waals surface area contributed by atoms with Crippen molar-refractivity contribution >= 4 is 39.3 Å². The van der Waals surface area contributed by atoms with E-state index < -0.39 is 10.0 Å². The maximum Gasteiger partial charge on any atom is 0.285 e. The zero-order valence-corrected chi connectivity index (χ0v) is 14.0. The fraction of sp³-hybridized carbons (Fsp3) is 0.200. The van der Waals surface area contributed by atoms with Crippen molar-refractivity contribution in [3.05, 3.63) is 46.2 Å². The third-order valence-electron chi connectivity index (χ3n) is 3.35. The zero-order chi connectivity index (χ0) is 16.4. The third kappa shape index (κ3) is 3.43. The van der Waals surface area contributed by atoms with Gasteiger partial charge >= 0.3 is 0 Å². The number of hydrogen-bond acceptors (Lipinski definition) is 5. The molecule has 0 radical (unpaired) electrons. The smallest absolute Gasteiger partial charge is 0.285 e. The van der Waals surface area contributed by atoms with Gasteiger partial charge in [0.2, 0.25) is 5.91 Å². The summed E-state index contributed by atoms with van der Waals surface area (Å²) in [6.07, 6.45) is 1.19. The van der Waals surface area contributed by atoms with Crippen LogP contribution in [0.3, 0.4) is 0 Å². The molecule has 120 valence electrons. The van der Waals surface area contributed by atoms with Gasteiger partial charge in [0.05, 0.1) is 12.2 Å². The molecule has 1 aliphatic rings. The number of aryl methyl sites for hydroxylation is 1. The van der Waals surface area contributed by atoms with Crippen LogP contribution in [-0.2, 0) is 21.4 Å². The van der Waals surface area contributed by atoms with Gasteiger partial charge in [-0.3, -0.25) is 4.79 Å². The topological polar surface area (TPSA) is 78.8 Å². The number of carbonyl (C=O) groups is 1. The Hall–Kier alpha value is -2.19. The lowest BCUT2D eigenvalue weighted by molar-refractivity contribution is -0.119. The number of nitrogens with zero attached hydrogens (tertiary/aromatic N) is 2. The van der Waals surface area contributed by atoms with E-state index in [1.54, 1.807) is 29.5 Å². The van der Waals surface area contributed by atoms with E-state index in [0.29, 0.717) is 12.2 Å². The average molecular weight is 349 g/mol. The molecule has 0 atom stereocenters. The second-order valence-electron chi connectivity index (χ2n) is 5.08. The zero-order valence-electron chi connectivity index (χ0n) is 12.4. The van der Waals surface area contributed by atoms with Crippen LogP contribution in [0, 0.1) is 6.92 Å². The van der Waals surface area contributed by atoms with E-state index in [1.165, 1.54) is 22.2 Å². The van der Waals surface area contributed by atoms with Crippen molar-refractivity contribution in [3.8, 4) is 0 Å². The molecule has 0 fully saturated rings. The molecular weight excluding hydrogens is 334 g/mol. The van der Waals surface area contributed by atoms with Crippen LogP contribution in [-0.4, -0.2) is 27.2 Å². The Morgan fingerprint density at radius 2 is 2.04 bits per heavy atom. The normalized spacial score (nSPS) is 15.3. The summed E-state index contributed by atoms with van der Waals surface area (Å²) in [6, 6.07) is 10.5. The van der Waals surface area contributed by atoms with E-state index in [1.807, 2.05) is 19.1 Å². The van der Waals surface area contributed by atoms with Gasteiger partial charge < -0.3 is 10.2 Å². The van der Waals surface area contributed by atoms with Gasteiger partial charge in [-0.05, 0) is 31.2 Å². The summed E-state index contributed by atoms with van der Waals surface area (Å²) in [4.78, 5) is 16.0. The van der Waals surface area contributed by atoms with Gasteiger partial charge in [-0.25, -0.2) is 0 Å². The molecule has 1 aliphatic heterocycles. The number of sulfonamides is 1. The number of fused-ring (bicyclic) bond motifs is 1. The Morgan fingerprint density at radius 3 is 2.78 bits per heavy atom. The maximum absolute atomic E-state index is 12.1. The van der Waals surface area contributed by atoms with E-state index in [2.05, 4.69) is 9.71 Å². The van der Waals surface area contributed by atoms with Crippen molar-refractivity contribution in [2.75, 3.05) is 11.4 Å². The summed E-state index contributed by atoms with van der Waals surface area (Å²) in [5.41, 5.74) is 0.463. The minimum atomic E-state index is -3.67. The summed E-state index contributed by atoms with van der Waals surface area (Å²) < 4.78 is 27.3. The number of anilines is 1. The highest BCUT2D eigenvalue weighted by Crippen LogP contribution is 2.28. The Kier molecular flexibility index (Phi) is 4.18. The summed E-state index contributed by atoms with van der Waals surface area (Å²) in [7, 11) is -3.67. The first-order valence-electron chi connectivity index (χ1n) is 6.94. The Labute approximate surface area is 138 Å².